The van der Waals surface area contributed by atoms with Crippen molar-refractivity contribution in [2.75, 3.05) is 26.2 Å². The highest BCUT2D eigenvalue weighted by Crippen LogP contribution is 2.18. The summed E-state index contributed by atoms with van der Waals surface area (Å²) in [4.78, 5) is 2.32. The van der Waals surface area contributed by atoms with Crippen LogP contribution in [0.4, 0.5) is 0 Å². The lowest BCUT2D eigenvalue weighted by Crippen LogP contribution is -2.45. The summed E-state index contributed by atoms with van der Waals surface area (Å²) in [5.41, 5.74) is 5.85. The van der Waals surface area contributed by atoms with Crippen molar-refractivity contribution in [1.82, 2.24) is 4.90 Å². The van der Waals surface area contributed by atoms with Crippen molar-refractivity contribution in [2.24, 2.45) is 11.1 Å². The Morgan fingerprint density at radius 1 is 1.54 bits per heavy atom. The molecule has 1 saturated heterocycles. The molecule has 0 aromatic heterocycles. The van der Waals surface area contributed by atoms with Gasteiger partial charge in [0.2, 0.25) is 0 Å². The minimum absolute atomic E-state index is 0.123. The molecule has 0 radical (unpaired) electrons. The third kappa shape index (κ3) is 3.63. The minimum atomic E-state index is -0.123. The lowest BCUT2D eigenvalue weighted by Gasteiger charge is -2.35. The Balaban J connectivity index is 2.35. The summed E-state index contributed by atoms with van der Waals surface area (Å²) >= 11 is 0. The number of hydrogen-bond acceptors (Lipinski definition) is 3. The molecular weight excluding hydrogens is 164 g/mol. The Labute approximate surface area is 80.9 Å². The quantitative estimate of drug-likeness (QED) is 0.672. The highest BCUT2D eigenvalue weighted by Gasteiger charge is 2.24. The van der Waals surface area contributed by atoms with E-state index in [1.165, 1.54) is 0 Å². The van der Waals surface area contributed by atoms with Gasteiger partial charge in [-0.1, -0.05) is 13.8 Å². The van der Waals surface area contributed by atoms with Gasteiger partial charge in [0.25, 0.3) is 0 Å². The first-order valence-corrected chi connectivity index (χ1v) is 5.14. The van der Waals surface area contributed by atoms with Gasteiger partial charge in [-0.2, -0.15) is 0 Å². The van der Waals surface area contributed by atoms with Crippen LogP contribution in [0.3, 0.4) is 0 Å². The van der Waals surface area contributed by atoms with Crippen LogP contribution in [0.2, 0.25) is 0 Å². The normalized spacial score (nSPS) is 26.3. The van der Waals surface area contributed by atoms with E-state index in [4.69, 9.17) is 5.73 Å². The summed E-state index contributed by atoms with van der Waals surface area (Å²) in [6.07, 6.45) is 1.95. The first-order chi connectivity index (χ1) is 6.03. The molecule has 1 rings (SSSR count). The Bertz CT molecular complexity index is 159. The number of nitrogens with two attached hydrogens (primary N) is 1. The first-order valence-electron chi connectivity index (χ1n) is 5.14. The van der Waals surface area contributed by atoms with Crippen molar-refractivity contribution >= 4 is 0 Å². The molecule has 3 heteroatoms. The second-order valence-corrected chi connectivity index (χ2v) is 4.90. The molecule has 1 unspecified atom stereocenters. The van der Waals surface area contributed by atoms with Crippen LogP contribution in [0.1, 0.15) is 26.7 Å². The van der Waals surface area contributed by atoms with E-state index in [1.807, 2.05) is 0 Å². The van der Waals surface area contributed by atoms with Crippen LogP contribution in [-0.2, 0) is 0 Å². The van der Waals surface area contributed by atoms with Crippen molar-refractivity contribution < 1.29 is 5.11 Å². The summed E-state index contributed by atoms with van der Waals surface area (Å²) in [6.45, 7) is 7.99. The van der Waals surface area contributed by atoms with Gasteiger partial charge in [-0.25, -0.2) is 0 Å². The lowest BCUT2D eigenvalue weighted by atomic mass is 9.92. The molecule has 0 aromatic rings. The molecule has 1 aliphatic heterocycles. The van der Waals surface area contributed by atoms with Crippen LogP contribution in [0.15, 0.2) is 0 Å². The number of aliphatic hydroxyl groups is 1. The van der Waals surface area contributed by atoms with E-state index in [9.17, 15) is 5.11 Å². The van der Waals surface area contributed by atoms with Gasteiger partial charge in [0.1, 0.15) is 0 Å². The van der Waals surface area contributed by atoms with Crippen LogP contribution in [0.25, 0.3) is 0 Å². The molecule has 1 aliphatic rings. The van der Waals surface area contributed by atoms with Crippen molar-refractivity contribution in [3.63, 3.8) is 0 Å². The van der Waals surface area contributed by atoms with Gasteiger partial charge in [-0.05, 0) is 31.3 Å². The van der Waals surface area contributed by atoms with E-state index in [1.54, 1.807) is 0 Å². The molecule has 1 atom stereocenters. The summed E-state index contributed by atoms with van der Waals surface area (Å²) < 4.78 is 0. The van der Waals surface area contributed by atoms with Gasteiger partial charge in [0.15, 0.2) is 0 Å². The van der Waals surface area contributed by atoms with Gasteiger partial charge in [-0.15, -0.1) is 0 Å². The van der Waals surface area contributed by atoms with Crippen molar-refractivity contribution in [1.29, 1.82) is 0 Å². The SMILES string of the molecule is CC(C)(CN)CN1CCCC(O)C1. The number of rotatable bonds is 3. The number of likely N-dealkylation sites (tertiary alicyclic amines) is 1. The molecule has 78 valence electrons. The van der Waals surface area contributed by atoms with Crippen LogP contribution < -0.4 is 5.73 Å². The molecule has 0 aromatic carbocycles. The predicted octanol–water partition coefficient (Wildman–Crippen LogP) is 0.428. The van der Waals surface area contributed by atoms with E-state index in [0.717, 1.165) is 32.5 Å². The first kappa shape index (κ1) is 11.0. The Morgan fingerprint density at radius 2 is 2.23 bits per heavy atom. The monoisotopic (exact) mass is 186 g/mol. The second kappa shape index (κ2) is 4.40. The average Bonchev–Trinajstić information content (AvgIpc) is 2.03. The Morgan fingerprint density at radius 3 is 2.77 bits per heavy atom. The Kier molecular flexibility index (Phi) is 3.71. The molecule has 13 heavy (non-hydrogen) atoms. The number of aliphatic hydroxyl groups excluding tert-OH is 1. The fourth-order valence-corrected chi connectivity index (χ4v) is 1.84. The molecule has 0 spiro atoms. The van der Waals surface area contributed by atoms with Crippen molar-refractivity contribution in [3.8, 4) is 0 Å². The molecule has 0 amide bonds. The third-order valence-corrected chi connectivity index (χ3v) is 2.68. The lowest BCUT2D eigenvalue weighted by molar-refractivity contribution is 0.0517. The Hall–Kier alpha value is -0.120. The third-order valence-electron chi connectivity index (χ3n) is 2.68. The van der Waals surface area contributed by atoms with Gasteiger partial charge < -0.3 is 15.7 Å². The zero-order valence-corrected chi connectivity index (χ0v) is 8.79. The fraction of sp³-hybridized carbons (Fsp3) is 1.00. The van der Waals surface area contributed by atoms with Gasteiger partial charge in [0, 0.05) is 13.1 Å². The van der Waals surface area contributed by atoms with Crippen LogP contribution >= 0.6 is 0 Å². The second-order valence-electron chi connectivity index (χ2n) is 4.90. The molecule has 1 fully saturated rings. The highest BCUT2D eigenvalue weighted by atomic mass is 16.3. The average molecular weight is 186 g/mol. The van der Waals surface area contributed by atoms with E-state index in [2.05, 4.69) is 18.7 Å². The van der Waals surface area contributed by atoms with E-state index < -0.39 is 0 Å². The summed E-state index contributed by atoms with van der Waals surface area (Å²) in [5.74, 6) is 0. The smallest absolute Gasteiger partial charge is 0.0667 e. The van der Waals surface area contributed by atoms with Gasteiger partial charge in [0.05, 0.1) is 6.10 Å². The summed E-state index contributed by atoms with van der Waals surface area (Å²) in [6, 6.07) is 0. The van der Waals surface area contributed by atoms with Crippen molar-refractivity contribution in [3.05, 3.63) is 0 Å². The van der Waals surface area contributed by atoms with Crippen LogP contribution in [-0.4, -0.2) is 42.3 Å². The maximum atomic E-state index is 9.48. The zero-order valence-electron chi connectivity index (χ0n) is 8.79. The highest BCUT2D eigenvalue weighted by molar-refractivity contribution is 4.79. The van der Waals surface area contributed by atoms with Gasteiger partial charge >= 0.3 is 0 Å². The summed E-state index contributed by atoms with van der Waals surface area (Å²) in [5, 5.41) is 9.48. The van der Waals surface area contributed by atoms with Crippen LogP contribution in [0, 0.1) is 5.41 Å². The molecule has 3 N–H and O–H groups in total. The largest absolute Gasteiger partial charge is 0.392 e. The zero-order chi connectivity index (χ0) is 9.90. The number of β-amino-alcohol motifs (C(OH)–C–C–N with tert-alkyl or cyclic N) is 1. The standard InChI is InChI=1S/C10H22N2O/c1-10(2,7-11)8-12-5-3-4-9(13)6-12/h9,13H,3-8,11H2,1-2H3. The molecule has 0 saturated carbocycles. The molecule has 3 nitrogen and oxygen atoms in total. The molecule has 1 heterocycles. The van der Waals surface area contributed by atoms with E-state index in [-0.39, 0.29) is 11.5 Å². The van der Waals surface area contributed by atoms with Gasteiger partial charge in [-0.3, -0.25) is 0 Å². The van der Waals surface area contributed by atoms with E-state index in [0.29, 0.717) is 6.54 Å². The minimum Gasteiger partial charge on any atom is -0.392 e. The number of hydrogen-bond donors (Lipinski definition) is 2. The van der Waals surface area contributed by atoms with Crippen LogP contribution in [0.5, 0.6) is 0 Å². The maximum absolute atomic E-state index is 9.48. The number of nitrogens with zero attached hydrogens (tertiary/aromatic N) is 1. The molecule has 0 bridgehead atoms. The molecular formula is C10H22N2O. The summed E-state index contributed by atoms with van der Waals surface area (Å²) in [7, 11) is 0. The van der Waals surface area contributed by atoms with Crippen molar-refractivity contribution in [2.45, 2.75) is 32.8 Å². The topological polar surface area (TPSA) is 49.5 Å². The maximum Gasteiger partial charge on any atom is 0.0667 e. The number of piperidine rings is 1. The molecule has 0 aliphatic carbocycles. The van der Waals surface area contributed by atoms with E-state index >= 15 is 0 Å². The predicted molar refractivity (Wildman–Crippen MR) is 54.5 cm³/mol. The fourth-order valence-electron chi connectivity index (χ4n) is 1.84.